The Balaban J connectivity index is 1.82. The fourth-order valence-electron chi connectivity index (χ4n) is 3.87. The number of rotatable bonds is 3. The number of likely N-dealkylation sites (N-methyl/N-ethyl adjacent to an activating group) is 1. The molecule has 0 radical (unpaired) electrons. The van der Waals surface area contributed by atoms with E-state index >= 15 is 0 Å². The van der Waals surface area contributed by atoms with Gasteiger partial charge in [-0.3, -0.25) is 9.59 Å². The summed E-state index contributed by atoms with van der Waals surface area (Å²) in [7, 11) is 3.77. The molecule has 6 heteroatoms. The maximum Gasteiger partial charge on any atom is 0.270 e. The van der Waals surface area contributed by atoms with Gasteiger partial charge in [-0.2, -0.15) is 0 Å². The minimum absolute atomic E-state index is 0.0180. The van der Waals surface area contributed by atoms with E-state index in [9.17, 15) is 9.59 Å². The van der Waals surface area contributed by atoms with Crippen LogP contribution in [0.3, 0.4) is 0 Å². The molecule has 2 aliphatic heterocycles. The maximum atomic E-state index is 12.8. The molecule has 3 rings (SSSR count). The van der Waals surface area contributed by atoms with Crippen LogP contribution in [-0.4, -0.2) is 59.0 Å². The number of hydrogen-bond donors (Lipinski definition) is 0. The summed E-state index contributed by atoms with van der Waals surface area (Å²) in [5.41, 5.74) is 1.72. The second-order valence-electron chi connectivity index (χ2n) is 6.86. The number of likely N-dealkylation sites (tertiary alicyclic amines) is 1. The third kappa shape index (κ3) is 3.07. The number of piperidine rings is 1. The van der Waals surface area contributed by atoms with Gasteiger partial charge in [0.15, 0.2) is 0 Å². The zero-order valence-electron chi connectivity index (χ0n) is 14.8. The predicted octanol–water partition coefficient (Wildman–Crippen LogP) is 1.96. The zero-order chi connectivity index (χ0) is 17.3. The SMILES string of the molecule is CC(=O)N1CCCC[C@@H]1c1ccc(C(=O)N(C)[C@@H]2CCOC2)n1C. The second-order valence-corrected chi connectivity index (χ2v) is 6.86. The topological polar surface area (TPSA) is 54.8 Å². The van der Waals surface area contributed by atoms with Gasteiger partial charge in [-0.05, 0) is 37.8 Å². The number of ether oxygens (including phenoxy) is 1. The van der Waals surface area contributed by atoms with Crippen molar-refractivity contribution in [3.05, 3.63) is 23.5 Å². The van der Waals surface area contributed by atoms with Crippen LogP contribution in [-0.2, 0) is 16.6 Å². The van der Waals surface area contributed by atoms with Crippen molar-refractivity contribution in [1.29, 1.82) is 0 Å². The Morgan fingerprint density at radius 3 is 2.71 bits per heavy atom. The summed E-state index contributed by atoms with van der Waals surface area (Å²) in [6, 6.07) is 4.11. The fourth-order valence-corrected chi connectivity index (χ4v) is 3.87. The summed E-state index contributed by atoms with van der Waals surface area (Å²) in [4.78, 5) is 28.5. The van der Waals surface area contributed by atoms with E-state index in [2.05, 4.69) is 0 Å². The lowest BCUT2D eigenvalue weighted by Gasteiger charge is -2.35. The molecule has 0 aromatic carbocycles. The van der Waals surface area contributed by atoms with Gasteiger partial charge in [0.1, 0.15) is 5.69 Å². The van der Waals surface area contributed by atoms with Crippen LogP contribution >= 0.6 is 0 Å². The summed E-state index contributed by atoms with van der Waals surface area (Å²) in [6.45, 7) is 3.76. The van der Waals surface area contributed by atoms with Gasteiger partial charge in [0, 0.05) is 39.9 Å². The lowest BCUT2D eigenvalue weighted by Crippen LogP contribution is -2.39. The predicted molar refractivity (Wildman–Crippen MR) is 90.7 cm³/mol. The van der Waals surface area contributed by atoms with Crippen molar-refractivity contribution < 1.29 is 14.3 Å². The molecule has 132 valence electrons. The first-order valence-electron chi connectivity index (χ1n) is 8.78. The Kier molecular flexibility index (Phi) is 4.94. The van der Waals surface area contributed by atoms with Crippen molar-refractivity contribution in [3.63, 3.8) is 0 Å². The van der Waals surface area contributed by atoms with E-state index in [1.807, 2.05) is 35.7 Å². The fraction of sp³-hybridized carbons (Fsp3) is 0.667. The van der Waals surface area contributed by atoms with Crippen molar-refractivity contribution >= 4 is 11.8 Å². The molecule has 3 heterocycles. The van der Waals surface area contributed by atoms with Crippen molar-refractivity contribution in [2.24, 2.45) is 7.05 Å². The summed E-state index contributed by atoms with van der Waals surface area (Å²) < 4.78 is 7.35. The van der Waals surface area contributed by atoms with E-state index in [0.29, 0.717) is 12.3 Å². The van der Waals surface area contributed by atoms with Crippen LogP contribution in [0.5, 0.6) is 0 Å². The minimum Gasteiger partial charge on any atom is -0.379 e. The number of hydrogen-bond acceptors (Lipinski definition) is 3. The molecular weight excluding hydrogens is 306 g/mol. The Morgan fingerprint density at radius 2 is 2.04 bits per heavy atom. The highest BCUT2D eigenvalue weighted by atomic mass is 16.5. The van der Waals surface area contributed by atoms with Crippen molar-refractivity contribution in [1.82, 2.24) is 14.4 Å². The first-order chi connectivity index (χ1) is 11.5. The molecule has 2 aliphatic rings. The summed E-state index contributed by atoms with van der Waals surface area (Å²) in [5.74, 6) is 0.124. The second kappa shape index (κ2) is 6.97. The molecule has 0 spiro atoms. The minimum atomic E-state index is 0.0180. The molecule has 6 nitrogen and oxygen atoms in total. The van der Waals surface area contributed by atoms with E-state index in [1.165, 1.54) is 0 Å². The number of carbonyl (C=O) groups excluding carboxylic acids is 2. The van der Waals surface area contributed by atoms with E-state index in [4.69, 9.17) is 4.74 Å². The number of aromatic nitrogens is 1. The lowest BCUT2D eigenvalue weighted by atomic mass is 9.99. The average Bonchev–Trinajstić information content (AvgIpc) is 3.23. The molecule has 2 atom stereocenters. The third-order valence-electron chi connectivity index (χ3n) is 5.40. The van der Waals surface area contributed by atoms with E-state index in [-0.39, 0.29) is 23.9 Å². The molecule has 2 amide bonds. The third-order valence-corrected chi connectivity index (χ3v) is 5.40. The van der Waals surface area contributed by atoms with Gasteiger partial charge in [0.05, 0.1) is 18.7 Å². The molecular formula is C18H27N3O3. The van der Waals surface area contributed by atoms with E-state index < -0.39 is 0 Å². The number of nitrogens with zero attached hydrogens (tertiary/aromatic N) is 3. The first kappa shape index (κ1) is 17.0. The smallest absolute Gasteiger partial charge is 0.270 e. The lowest BCUT2D eigenvalue weighted by molar-refractivity contribution is -0.132. The molecule has 0 saturated carbocycles. The van der Waals surface area contributed by atoms with Crippen LogP contribution in [0.1, 0.15) is 54.8 Å². The molecule has 1 aromatic heterocycles. The zero-order valence-corrected chi connectivity index (χ0v) is 14.8. The van der Waals surface area contributed by atoms with Gasteiger partial charge in [0.25, 0.3) is 5.91 Å². The Labute approximate surface area is 143 Å². The molecule has 0 aliphatic carbocycles. The Bertz CT molecular complexity index is 619. The number of carbonyl (C=O) groups is 2. The molecule has 24 heavy (non-hydrogen) atoms. The molecule has 1 aromatic rings. The van der Waals surface area contributed by atoms with Gasteiger partial charge in [0.2, 0.25) is 5.91 Å². The van der Waals surface area contributed by atoms with Crippen molar-refractivity contribution in [2.45, 2.75) is 44.7 Å². The van der Waals surface area contributed by atoms with Crippen LogP contribution in [0.15, 0.2) is 12.1 Å². The maximum absolute atomic E-state index is 12.8. The largest absolute Gasteiger partial charge is 0.379 e. The Morgan fingerprint density at radius 1 is 1.25 bits per heavy atom. The van der Waals surface area contributed by atoms with Crippen LogP contribution in [0.25, 0.3) is 0 Å². The van der Waals surface area contributed by atoms with E-state index in [0.717, 1.165) is 44.5 Å². The van der Waals surface area contributed by atoms with Crippen LogP contribution in [0.4, 0.5) is 0 Å². The van der Waals surface area contributed by atoms with E-state index in [1.54, 1.807) is 11.8 Å². The molecule has 0 unspecified atom stereocenters. The van der Waals surface area contributed by atoms with Crippen LogP contribution < -0.4 is 0 Å². The highest BCUT2D eigenvalue weighted by Crippen LogP contribution is 2.32. The average molecular weight is 333 g/mol. The first-order valence-corrected chi connectivity index (χ1v) is 8.78. The summed E-state index contributed by atoms with van der Waals surface area (Å²) in [6.07, 6.45) is 4.01. The van der Waals surface area contributed by atoms with Gasteiger partial charge < -0.3 is 19.1 Å². The molecule has 2 saturated heterocycles. The Hall–Kier alpha value is -1.82. The quantitative estimate of drug-likeness (QED) is 0.850. The monoisotopic (exact) mass is 333 g/mol. The molecule has 0 N–H and O–H groups in total. The normalized spacial score (nSPS) is 24.2. The van der Waals surface area contributed by atoms with Crippen LogP contribution in [0, 0.1) is 0 Å². The standard InChI is InChI=1S/C18H27N3O3/c1-13(22)21-10-5-4-6-16(21)15-7-8-17(20(15)3)18(23)19(2)14-9-11-24-12-14/h7-8,14,16H,4-6,9-12H2,1-3H3/t14-,16-/m1/s1. The van der Waals surface area contributed by atoms with Gasteiger partial charge in [-0.15, -0.1) is 0 Å². The van der Waals surface area contributed by atoms with Gasteiger partial charge >= 0.3 is 0 Å². The van der Waals surface area contributed by atoms with Gasteiger partial charge in [-0.1, -0.05) is 0 Å². The summed E-state index contributed by atoms with van der Waals surface area (Å²) >= 11 is 0. The highest BCUT2D eigenvalue weighted by molar-refractivity contribution is 5.93. The number of amides is 2. The van der Waals surface area contributed by atoms with Crippen LogP contribution in [0.2, 0.25) is 0 Å². The molecule has 2 fully saturated rings. The van der Waals surface area contributed by atoms with Gasteiger partial charge in [-0.25, -0.2) is 0 Å². The van der Waals surface area contributed by atoms with Crippen molar-refractivity contribution in [3.8, 4) is 0 Å². The van der Waals surface area contributed by atoms with Crippen molar-refractivity contribution in [2.75, 3.05) is 26.8 Å². The summed E-state index contributed by atoms with van der Waals surface area (Å²) in [5, 5.41) is 0. The molecule has 0 bridgehead atoms. The highest BCUT2D eigenvalue weighted by Gasteiger charge is 2.31.